The molecule has 2 rings (SSSR count). The van der Waals surface area contributed by atoms with Crippen molar-refractivity contribution in [1.29, 1.82) is 0 Å². The Hall–Kier alpha value is -1.53. The molecule has 2 aromatic rings. The first-order valence-electron chi connectivity index (χ1n) is 5.29. The van der Waals surface area contributed by atoms with Crippen molar-refractivity contribution in [3.05, 3.63) is 58.1 Å². The van der Waals surface area contributed by atoms with Crippen molar-refractivity contribution >= 4 is 44.5 Å². The van der Waals surface area contributed by atoms with Gasteiger partial charge in [0.15, 0.2) is 11.6 Å². The summed E-state index contributed by atoms with van der Waals surface area (Å²) in [7, 11) is 0. The molecule has 0 aromatic heterocycles. The third kappa shape index (κ3) is 3.27. The van der Waals surface area contributed by atoms with E-state index >= 15 is 0 Å². The summed E-state index contributed by atoms with van der Waals surface area (Å²) < 4.78 is 27.6. The van der Waals surface area contributed by atoms with Crippen molar-refractivity contribution < 1.29 is 8.78 Å². The second-order valence-electron chi connectivity index (χ2n) is 3.81. The summed E-state index contributed by atoms with van der Waals surface area (Å²) in [5, 5.41) is 2.68. The van der Waals surface area contributed by atoms with Crippen LogP contribution in [0.4, 0.5) is 20.2 Å². The van der Waals surface area contributed by atoms with E-state index in [2.05, 4.69) is 21.2 Å². The quantitative estimate of drug-likeness (QED) is 0.824. The molecule has 0 aliphatic carbocycles. The molecule has 0 bridgehead atoms. The van der Waals surface area contributed by atoms with Gasteiger partial charge in [-0.15, -0.1) is 0 Å². The second-order valence-corrected chi connectivity index (χ2v) is 5.17. The van der Waals surface area contributed by atoms with Crippen molar-refractivity contribution in [2.24, 2.45) is 5.73 Å². The number of anilines is 2. The third-order valence-electron chi connectivity index (χ3n) is 2.45. The van der Waals surface area contributed by atoms with E-state index in [-0.39, 0.29) is 10.7 Å². The number of nitrogens with one attached hydrogen (secondary N) is 1. The molecule has 0 heterocycles. The molecule has 2 nitrogen and oxygen atoms in total. The van der Waals surface area contributed by atoms with Crippen LogP contribution in [0.3, 0.4) is 0 Å². The lowest BCUT2D eigenvalue weighted by Crippen LogP contribution is -2.09. The molecule has 0 unspecified atom stereocenters. The van der Waals surface area contributed by atoms with Crippen molar-refractivity contribution in [3.8, 4) is 0 Å². The first-order chi connectivity index (χ1) is 8.97. The molecule has 0 radical (unpaired) electrons. The highest BCUT2D eigenvalue weighted by atomic mass is 79.9. The molecule has 0 aliphatic rings. The van der Waals surface area contributed by atoms with Crippen molar-refractivity contribution in [2.75, 3.05) is 5.32 Å². The van der Waals surface area contributed by atoms with Crippen molar-refractivity contribution in [2.45, 2.75) is 0 Å². The highest BCUT2D eigenvalue weighted by Crippen LogP contribution is 2.26. The molecular weight excluding hydrogens is 334 g/mol. The predicted molar refractivity (Wildman–Crippen MR) is 79.7 cm³/mol. The van der Waals surface area contributed by atoms with Crippen LogP contribution in [0.2, 0.25) is 0 Å². The van der Waals surface area contributed by atoms with E-state index in [1.54, 1.807) is 24.3 Å². The van der Waals surface area contributed by atoms with Crippen LogP contribution in [0.1, 0.15) is 5.56 Å². The first kappa shape index (κ1) is 13.9. The van der Waals surface area contributed by atoms with Gasteiger partial charge in [0.25, 0.3) is 0 Å². The molecule has 0 spiro atoms. The minimum atomic E-state index is -0.676. The molecule has 0 amide bonds. The first-order valence-corrected chi connectivity index (χ1v) is 6.49. The largest absolute Gasteiger partial charge is 0.389 e. The monoisotopic (exact) mass is 342 g/mol. The Balaban J connectivity index is 2.29. The fraction of sp³-hybridized carbons (Fsp3) is 0. The van der Waals surface area contributed by atoms with Gasteiger partial charge in [0, 0.05) is 15.7 Å². The third-order valence-corrected chi connectivity index (χ3v) is 3.14. The molecule has 0 atom stereocenters. The van der Waals surface area contributed by atoms with Crippen LogP contribution >= 0.6 is 28.1 Å². The van der Waals surface area contributed by atoms with Crippen molar-refractivity contribution in [1.82, 2.24) is 0 Å². The Morgan fingerprint density at radius 1 is 1.11 bits per heavy atom. The van der Waals surface area contributed by atoms with Gasteiger partial charge in [-0.05, 0) is 36.4 Å². The normalized spacial score (nSPS) is 10.3. The zero-order valence-electron chi connectivity index (χ0n) is 9.58. The fourth-order valence-electron chi connectivity index (χ4n) is 1.52. The molecule has 3 N–H and O–H groups in total. The summed E-state index contributed by atoms with van der Waals surface area (Å²) in [4.78, 5) is 0.271. The lowest BCUT2D eigenvalue weighted by atomic mass is 10.2. The zero-order valence-corrected chi connectivity index (χ0v) is 12.0. The predicted octanol–water partition coefficient (Wildman–Crippen LogP) is 4.11. The topological polar surface area (TPSA) is 38.0 Å². The highest BCUT2D eigenvalue weighted by Gasteiger charge is 2.10. The summed E-state index contributed by atoms with van der Waals surface area (Å²) in [6.45, 7) is 0. The van der Waals surface area contributed by atoms with Gasteiger partial charge in [-0.1, -0.05) is 28.1 Å². The van der Waals surface area contributed by atoms with Crippen LogP contribution in [0.5, 0.6) is 0 Å². The van der Waals surface area contributed by atoms with E-state index < -0.39 is 11.6 Å². The van der Waals surface area contributed by atoms with Crippen LogP contribution in [0, 0.1) is 11.6 Å². The zero-order chi connectivity index (χ0) is 14.0. The van der Waals surface area contributed by atoms with E-state index in [0.717, 1.165) is 0 Å². The Morgan fingerprint density at radius 2 is 1.63 bits per heavy atom. The average molecular weight is 343 g/mol. The van der Waals surface area contributed by atoms with Gasteiger partial charge >= 0.3 is 0 Å². The summed E-state index contributed by atoms with van der Waals surface area (Å²) in [5.74, 6) is -1.35. The van der Waals surface area contributed by atoms with Crippen LogP contribution in [-0.4, -0.2) is 4.99 Å². The number of hydrogen-bond donors (Lipinski definition) is 2. The highest BCUT2D eigenvalue weighted by molar-refractivity contribution is 9.10. The molecule has 0 saturated carbocycles. The molecular formula is C13H9BrF2N2S. The Bertz CT molecular complexity index is 606. The number of halogens is 3. The fourth-order valence-corrected chi connectivity index (χ4v) is 2.06. The second kappa shape index (κ2) is 5.63. The van der Waals surface area contributed by atoms with Gasteiger partial charge in [0.2, 0.25) is 0 Å². The lowest BCUT2D eigenvalue weighted by Gasteiger charge is -2.09. The van der Waals surface area contributed by atoms with Crippen LogP contribution < -0.4 is 11.1 Å². The van der Waals surface area contributed by atoms with Crippen molar-refractivity contribution in [3.63, 3.8) is 0 Å². The molecule has 0 saturated heterocycles. The molecule has 6 heteroatoms. The minimum Gasteiger partial charge on any atom is -0.389 e. The van der Waals surface area contributed by atoms with Gasteiger partial charge in [0.05, 0.1) is 0 Å². The van der Waals surface area contributed by atoms with E-state index in [0.29, 0.717) is 15.7 Å². The molecule has 0 aliphatic heterocycles. The molecule has 0 fully saturated rings. The minimum absolute atomic E-state index is 0.203. The van der Waals surface area contributed by atoms with Gasteiger partial charge in [0.1, 0.15) is 10.7 Å². The number of hydrogen-bond acceptors (Lipinski definition) is 2. The van der Waals surface area contributed by atoms with Gasteiger partial charge in [-0.2, -0.15) is 0 Å². The Morgan fingerprint density at radius 3 is 2.11 bits per heavy atom. The Kier molecular flexibility index (Phi) is 4.11. The van der Waals surface area contributed by atoms with E-state index in [1.807, 2.05) is 0 Å². The summed E-state index contributed by atoms with van der Waals surface area (Å²) >= 11 is 7.85. The molecule has 2 aromatic carbocycles. The van der Waals surface area contributed by atoms with Gasteiger partial charge < -0.3 is 11.1 Å². The maximum Gasteiger partial charge on any atom is 0.150 e. The van der Waals surface area contributed by atoms with Crippen LogP contribution in [-0.2, 0) is 0 Å². The van der Waals surface area contributed by atoms with E-state index in [1.165, 1.54) is 12.1 Å². The standard InChI is InChI=1S/C13H9BrF2N2S/c14-8-5-10(15)12(11(16)6-8)18-9-3-1-7(2-4-9)13(17)19/h1-6,18H,(H2,17,19). The number of thiocarbonyl (C=S) groups is 1. The van der Waals surface area contributed by atoms with Crippen LogP contribution in [0.15, 0.2) is 40.9 Å². The number of rotatable bonds is 3. The smallest absolute Gasteiger partial charge is 0.150 e. The number of nitrogens with two attached hydrogens (primary N) is 1. The van der Waals surface area contributed by atoms with Gasteiger partial charge in [-0.25, -0.2) is 8.78 Å². The van der Waals surface area contributed by atoms with Crippen LogP contribution in [0.25, 0.3) is 0 Å². The Labute approximate surface area is 122 Å². The summed E-state index contributed by atoms with van der Waals surface area (Å²) in [6, 6.07) is 9.03. The van der Waals surface area contributed by atoms with E-state index in [4.69, 9.17) is 18.0 Å². The SMILES string of the molecule is NC(=S)c1ccc(Nc2c(F)cc(Br)cc2F)cc1. The lowest BCUT2D eigenvalue weighted by molar-refractivity contribution is 0.589. The average Bonchev–Trinajstić information content (AvgIpc) is 2.34. The number of benzene rings is 2. The molecule has 98 valence electrons. The van der Waals surface area contributed by atoms with Gasteiger partial charge in [-0.3, -0.25) is 0 Å². The maximum absolute atomic E-state index is 13.6. The maximum atomic E-state index is 13.6. The molecule has 19 heavy (non-hydrogen) atoms. The summed E-state index contributed by atoms with van der Waals surface area (Å²) in [5.41, 5.74) is 6.50. The summed E-state index contributed by atoms with van der Waals surface area (Å²) in [6.07, 6.45) is 0. The van der Waals surface area contributed by atoms with E-state index in [9.17, 15) is 8.78 Å².